The third-order valence-corrected chi connectivity index (χ3v) is 4.06. The van der Waals surface area contributed by atoms with Gasteiger partial charge in [-0.05, 0) is 36.2 Å². The fourth-order valence-corrected chi connectivity index (χ4v) is 2.76. The molecule has 2 aromatic carbocycles. The molecule has 1 heterocycles. The molecule has 0 aliphatic carbocycles. The van der Waals surface area contributed by atoms with Crippen molar-refractivity contribution in [3.8, 4) is 0 Å². The van der Waals surface area contributed by atoms with E-state index in [2.05, 4.69) is 4.99 Å². The molecule has 0 N–H and O–H groups in total. The molecule has 0 fully saturated rings. The molecule has 7 heteroatoms. The van der Waals surface area contributed by atoms with Crippen molar-refractivity contribution in [1.82, 2.24) is 0 Å². The van der Waals surface area contributed by atoms with Crippen molar-refractivity contribution in [2.24, 2.45) is 4.99 Å². The first-order valence-electron chi connectivity index (χ1n) is 7.52. The molecular weight excluding hydrogens is 355 g/mol. The van der Waals surface area contributed by atoms with Gasteiger partial charge < -0.3 is 4.74 Å². The van der Waals surface area contributed by atoms with Crippen LogP contribution in [-0.4, -0.2) is 30.5 Å². The van der Waals surface area contributed by atoms with Gasteiger partial charge in [0.1, 0.15) is 0 Å². The topological polar surface area (TPSA) is 38.7 Å². The van der Waals surface area contributed by atoms with E-state index in [1.807, 2.05) is 0 Å². The molecule has 3 nitrogen and oxygen atoms in total. The minimum Gasteiger partial charge on any atom is -0.442 e. The summed E-state index contributed by atoms with van der Waals surface area (Å²) in [5, 5.41) is 0.370. The molecule has 0 saturated carbocycles. The van der Waals surface area contributed by atoms with Crippen molar-refractivity contribution in [2.45, 2.75) is 18.7 Å². The van der Waals surface area contributed by atoms with E-state index in [1.54, 1.807) is 24.3 Å². The average molecular weight is 368 g/mol. The van der Waals surface area contributed by atoms with Gasteiger partial charge in [-0.15, -0.1) is 0 Å². The zero-order valence-electron chi connectivity index (χ0n) is 12.9. The maximum absolute atomic E-state index is 13.6. The highest BCUT2D eigenvalue weighted by Crippen LogP contribution is 2.30. The van der Waals surface area contributed by atoms with Crippen LogP contribution in [0.4, 0.5) is 13.2 Å². The lowest BCUT2D eigenvalue weighted by Gasteiger charge is -2.26. The number of hydrogen-bond donors (Lipinski definition) is 0. The van der Waals surface area contributed by atoms with Gasteiger partial charge in [0.2, 0.25) is 6.10 Å². The summed E-state index contributed by atoms with van der Waals surface area (Å²) in [5.74, 6) is -1.08. The normalized spacial score (nSPS) is 15.1. The minimum absolute atomic E-state index is 0.0108. The van der Waals surface area contributed by atoms with E-state index < -0.39 is 18.2 Å². The summed E-state index contributed by atoms with van der Waals surface area (Å²) in [4.78, 5) is 16.1. The largest absolute Gasteiger partial charge is 0.442 e. The number of carbonyl (C=O) groups excluding carboxylic acids is 1. The Bertz CT molecular complexity index is 816. The van der Waals surface area contributed by atoms with E-state index in [0.29, 0.717) is 17.0 Å². The number of rotatable bonds is 3. The predicted molar refractivity (Wildman–Crippen MR) is 88.3 cm³/mol. The number of fused-ring (bicyclic) bond motifs is 1. The highest BCUT2D eigenvalue weighted by Gasteiger charge is 2.47. The average Bonchev–Trinajstić information content (AvgIpc) is 2.59. The number of carbonyl (C=O) groups is 1. The first-order valence-corrected chi connectivity index (χ1v) is 7.90. The Morgan fingerprint density at radius 3 is 2.48 bits per heavy atom. The van der Waals surface area contributed by atoms with E-state index in [-0.39, 0.29) is 17.8 Å². The SMILES string of the molecule is O=C(OC(C1=NCCc2ccccc21)C(F)(F)F)c1ccc(Cl)cc1. The fourth-order valence-electron chi connectivity index (χ4n) is 2.63. The van der Waals surface area contributed by atoms with Gasteiger partial charge in [0, 0.05) is 17.1 Å². The van der Waals surface area contributed by atoms with Crippen LogP contribution in [0.3, 0.4) is 0 Å². The van der Waals surface area contributed by atoms with Crippen molar-refractivity contribution in [1.29, 1.82) is 0 Å². The monoisotopic (exact) mass is 367 g/mol. The van der Waals surface area contributed by atoms with Crippen LogP contribution in [-0.2, 0) is 11.2 Å². The molecule has 2 aromatic rings. The van der Waals surface area contributed by atoms with Gasteiger partial charge in [-0.1, -0.05) is 35.9 Å². The smallest absolute Gasteiger partial charge is 0.431 e. The number of benzene rings is 2. The van der Waals surface area contributed by atoms with Gasteiger partial charge in [0.25, 0.3) is 0 Å². The second-order valence-electron chi connectivity index (χ2n) is 5.51. The predicted octanol–water partition coefficient (Wildman–Crippen LogP) is 4.47. The molecule has 0 bridgehead atoms. The van der Waals surface area contributed by atoms with Crippen LogP contribution in [0.5, 0.6) is 0 Å². The van der Waals surface area contributed by atoms with Gasteiger partial charge in [-0.3, -0.25) is 4.99 Å². The lowest BCUT2D eigenvalue weighted by Crippen LogP contribution is -2.42. The Kier molecular flexibility index (Phi) is 4.81. The molecule has 3 rings (SSSR count). The van der Waals surface area contributed by atoms with Crippen LogP contribution in [0.15, 0.2) is 53.5 Å². The fraction of sp³-hybridized carbons (Fsp3) is 0.222. The van der Waals surface area contributed by atoms with Crippen LogP contribution in [0.2, 0.25) is 5.02 Å². The molecule has 1 unspecified atom stereocenters. The summed E-state index contributed by atoms with van der Waals surface area (Å²) in [5.41, 5.74) is 0.837. The molecular formula is C18H13ClF3NO2. The maximum Gasteiger partial charge on any atom is 0.431 e. The summed E-state index contributed by atoms with van der Waals surface area (Å²) in [7, 11) is 0. The number of halogens is 4. The summed E-state index contributed by atoms with van der Waals surface area (Å²) in [6.45, 7) is 0.220. The van der Waals surface area contributed by atoms with Crippen LogP contribution in [0.1, 0.15) is 21.5 Å². The van der Waals surface area contributed by atoms with Crippen LogP contribution < -0.4 is 0 Å². The third kappa shape index (κ3) is 3.85. The molecule has 0 aromatic heterocycles. The number of hydrogen-bond acceptors (Lipinski definition) is 3. The molecule has 25 heavy (non-hydrogen) atoms. The molecule has 0 saturated heterocycles. The van der Waals surface area contributed by atoms with Crippen LogP contribution in [0, 0.1) is 0 Å². The third-order valence-electron chi connectivity index (χ3n) is 3.81. The van der Waals surface area contributed by atoms with Gasteiger partial charge in [-0.25, -0.2) is 4.79 Å². The molecule has 1 aliphatic rings. The quantitative estimate of drug-likeness (QED) is 0.751. The number of nitrogens with zero attached hydrogens (tertiary/aromatic N) is 1. The highest BCUT2D eigenvalue weighted by atomic mass is 35.5. The van der Waals surface area contributed by atoms with Crippen molar-refractivity contribution in [2.75, 3.05) is 6.54 Å². The number of esters is 1. The maximum atomic E-state index is 13.6. The molecule has 1 aliphatic heterocycles. The molecule has 1 atom stereocenters. The molecule has 0 spiro atoms. The standard InChI is InChI=1S/C18H13ClF3NO2/c19-13-7-5-12(6-8-13)17(24)25-16(18(20,21)22)15-14-4-2-1-3-11(14)9-10-23-15/h1-8,16H,9-10H2. The van der Waals surface area contributed by atoms with E-state index in [1.165, 1.54) is 24.3 Å². The van der Waals surface area contributed by atoms with E-state index in [4.69, 9.17) is 16.3 Å². The molecule has 0 radical (unpaired) electrons. The van der Waals surface area contributed by atoms with Gasteiger partial charge in [0.15, 0.2) is 0 Å². The zero-order chi connectivity index (χ0) is 18.0. The number of aliphatic imine (C=N–C) groups is 1. The Balaban J connectivity index is 1.92. The van der Waals surface area contributed by atoms with E-state index in [9.17, 15) is 18.0 Å². The van der Waals surface area contributed by atoms with Crippen molar-refractivity contribution in [3.63, 3.8) is 0 Å². The van der Waals surface area contributed by atoms with Crippen molar-refractivity contribution >= 4 is 23.3 Å². The van der Waals surface area contributed by atoms with Crippen molar-refractivity contribution < 1.29 is 22.7 Å². The zero-order valence-corrected chi connectivity index (χ0v) is 13.6. The summed E-state index contributed by atoms with van der Waals surface area (Å²) < 4.78 is 45.5. The lowest BCUT2D eigenvalue weighted by atomic mass is 9.94. The Morgan fingerprint density at radius 1 is 1.12 bits per heavy atom. The van der Waals surface area contributed by atoms with E-state index >= 15 is 0 Å². The van der Waals surface area contributed by atoms with Gasteiger partial charge >= 0.3 is 12.1 Å². The second kappa shape index (κ2) is 6.88. The van der Waals surface area contributed by atoms with Crippen molar-refractivity contribution in [3.05, 3.63) is 70.2 Å². The second-order valence-corrected chi connectivity index (χ2v) is 5.94. The Hall–Kier alpha value is -2.34. The summed E-state index contributed by atoms with van der Waals surface area (Å²) in [6.07, 6.45) is -6.64. The number of ether oxygens (including phenoxy) is 1. The van der Waals surface area contributed by atoms with Gasteiger partial charge in [-0.2, -0.15) is 13.2 Å². The molecule has 0 amide bonds. The van der Waals surface area contributed by atoms with Gasteiger partial charge in [0.05, 0.1) is 11.3 Å². The highest BCUT2D eigenvalue weighted by molar-refractivity contribution is 6.30. The Labute approximate surface area is 147 Å². The van der Waals surface area contributed by atoms with E-state index in [0.717, 1.165) is 5.56 Å². The Morgan fingerprint density at radius 2 is 1.80 bits per heavy atom. The molecule has 130 valence electrons. The summed E-state index contributed by atoms with van der Waals surface area (Å²) in [6, 6.07) is 12.1. The summed E-state index contributed by atoms with van der Waals surface area (Å²) >= 11 is 5.72. The lowest BCUT2D eigenvalue weighted by molar-refractivity contribution is -0.182. The van der Waals surface area contributed by atoms with Crippen LogP contribution in [0.25, 0.3) is 0 Å². The van der Waals surface area contributed by atoms with Crippen LogP contribution >= 0.6 is 11.6 Å². The minimum atomic E-state index is -4.77. The number of alkyl halides is 3. The first-order chi connectivity index (χ1) is 11.9. The first kappa shape index (κ1) is 17.5.